The van der Waals surface area contributed by atoms with Gasteiger partial charge >= 0.3 is 0 Å². The van der Waals surface area contributed by atoms with Gasteiger partial charge in [0.15, 0.2) is 0 Å². The van der Waals surface area contributed by atoms with Gasteiger partial charge in [0.05, 0.1) is 5.70 Å². The fraction of sp³-hybridized carbons (Fsp3) is 0.429. The Morgan fingerprint density at radius 1 is 1.67 bits per heavy atom. The number of hydrogen-bond acceptors (Lipinski definition) is 2. The third-order valence-electron chi connectivity index (χ3n) is 0.993. The van der Waals surface area contributed by atoms with E-state index in [4.69, 9.17) is 10.8 Å². The zero-order valence-corrected chi connectivity index (χ0v) is 5.89. The molecule has 0 aliphatic heterocycles. The standard InChI is InChI=1S/C7H13NO/c1-3-5-6(8)7(9)4-2/h4-5,9H,3,8H2,1-2H3/b6-5+,7-4+. The van der Waals surface area contributed by atoms with Crippen LogP contribution in [0.2, 0.25) is 0 Å². The number of aliphatic hydroxyl groups excluding tert-OH is 1. The summed E-state index contributed by atoms with van der Waals surface area (Å²) in [6, 6.07) is 0. The average Bonchev–Trinajstić information content (AvgIpc) is 1.87. The van der Waals surface area contributed by atoms with Crippen LogP contribution < -0.4 is 5.73 Å². The van der Waals surface area contributed by atoms with E-state index in [0.29, 0.717) is 5.70 Å². The summed E-state index contributed by atoms with van der Waals surface area (Å²) in [5.41, 5.74) is 5.84. The minimum absolute atomic E-state index is 0.164. The zero-order chi connectivity index (χ0) is 7.28. The highest BCUT2D eigenvalue weighted by molar-refractivity contribution is 5.20. The van der Waals surface area contributed by atoms with Gasteiger partial charge in [-0.15, -0.1) is 0 Å². The van der Waals surface area contributed by atoms with E-state index in [-0.39, 0.29) is 5.76 Å². The van der Waals surface area contributed by atoms with Crippen LogP contribution in [-0.4, -0.2) is 5.11 Å². The van der Waals surface area contributed by atoms with E-state index >= 15 is 0 Å². The van der Waals surface area contributed by atoms with Crippen LogP contribution in [0.3, 0.4) is 0 Å². The Morgan fingerprint density at radius 3 is 2.56 bits per heavy atom. The van der Waals surface area contributed by atoms with Crippen molar-refractivity contribution in [1.82, 2.24) is 0 Å². The van der Waals surface area contributed by atoms with Crippen LogP contribution in [0.15, 0.2) is 23.6 Å². The molecule has 0 spiro atoms. The minimum Gasteiger partial charge on any atom is -0.506 e. The van der Waals surface area contributed by atoms with Crippen molar-refractivity contribution in [2.75, 3.05) is 0 Å². The van der Waals surface area contributed by atoms with Gasteiger partial charge in [-0.2, -0.15) is 0 Å². The van der Waals surface area contributed by atoms with Gasteiger partial charge in [0.25, 0.3) is 0 Å². The fourth-order valence-corrected chi connectivity index (χ4v) is 0.491. The molecule has 0 atom stereocenters. The molecule has 0 aliphatic carbocycles. The number of aliphatic hydroxyl groups is 1. The van der Waals surface area contributed by atoms with Crippen LogP contribution in [0.25, 0.3) is 0 Å². The maximum Gasteiger partial charge on any atom is 0.133 e. The van der Waals surface area contributed by atoms with E-state index in [0.717, 1.165) is 6.42 Å². The molecule has 2 heteroatoms. The molecule has 2 nitrogen and oxygen atoms in total. The van der Waals surface area contributed by atoms with Crippen molar-refractivity contribution in [3.05, 3.63) is 23.6 Å². The topological polar surface area (TPSA) is 46.2 Å². The summed E-state index contributed by atoms with van der Waals surface area (Å²) in [4.78, 5) is 0. The highest BCUT2D eigenvalue weighted by atomic mass is 16.3. The molecule has 0 aromatic rings. The molecule has 0 aromatic heterocycles. The Hall–Kier alpha value is -0.920. The van der Waals surface area contributed by atoms with Gasteiger partial charge in [-0.25, -0.2) is 0 Å². The van der Waals surface area contributed by atoms with Crippen molar-refractivity contribution in [2.24, 2.45) is 5.73 Å². The maximum absolute atomic E-state index is 8.93. The molecule has 0 radical (unpaired) electrons. The second-order valence-corrected chi connectivity index (χ2v) is 1.74. The predicted molar refractivity (Wildman–Crippen MR) is 38.9 cm³/mol. The van der Waals surface area contributed by atoms with Gasteiger partial charge in [0, 0.05) is 0 Å². The molecule has 0 aromatic carbocycles. The largest absolute Gasteiger partial charge is 0.506 e. The molecule has 0 amide bonds. The van der Waals surface area contributed by atoms with Gasteiger partial charge in [-0.1, -0.05) is 13.0 Å². The molecule has 0 saturated carbocycles. The fourth-order valence-electron chi connectivity index (χ4n) is 0.491. The molecular formula is C7H13NO. The van der Waals surface area contributed by atoms with Crippen LogP contribution in [0.4, 0.5) is 0 Å². The van der Waals surface area contributed by atoms with E-state index in [1.807, 2.05) is 6.92 Å². The number of hydrogen-bond donors (Lipinski definition) is 2. The van der Waals surface area contributed by atoms with Gasteiger partial charge in [0.1, 0.15) is 5.76 Å². The predicted octanol–water partition coefficient (Wildman–Crippen LogP) is 1.70. The van der Waals surface area contributed by atoms with E-state index in [1.165, 1.54) is 0 Å². The molecule has 0 heterocycles. The summed E-state index contributed by atoms with van der Waals surface area (Å²) in [6.45, 7) is 3.71. The molecule has 9 heavy (non-hydrogen) atoms. The first kappa shape index (κ1) is 8.08. The second-order valence-electron chi connectivity index (χ2n) is 1.74. The van der Waals surface area contributed by atoms with Crippen molar-refractivity contribution < 1.29 is 5.11 Å². The van der Waals surface area contributed by atoms with E-state index in [9.17, 15) is 0 Å². The smallest absolute Gasteiger partial charge is 0.133 e. The van der Waals surface area contributed by atoms with Gasteiger partial charge in [-0.3, -0.25) is 0 Å². The van der Waals surface area contributed by atoms with Crippen LogP contribution in [0, 0.1) is 0 Å². The van der Waals surface area contributed by atoms with E-state index in [1.54, 1.807) is 19.1 Å². The highest BCUT2D eigenvalue weighted by Crippen LogP contribution is 1.98. The van der Waals surface area contributed by atoms with E-state index < -0.39 is 0 Å². The van der Waals surface area contributed by atoms with Gasteiger partial charge < -0.3 is 10.8 Å². The lowest BCUT2D eigenvalue weighted by atomic mass is 10.3. The maximum atomic E-state index is 8.93. The lowest BCUT2D eigenvalue weighted by molar-refractivity contribution is 0.420. The molecule has 0 saturated heterocycles. The van der Waals surface area contributed by atoms with Crippen LogP contribution >= 0.6 is 0 Å². The summed E-state index contributed by atoms with van der Waals surface area (Å²) >= 11 is 0. The monoisotopic (exact) mass is 127 g/mol. The lowest BCUT2D eigenvalue weighted by Gasteiger charge is -1.96. The SMILES string of the molecule is C/C=C(O)\C(N)=C/CC. The highest BCUT2D eigenvalue weighted by Gasteiger charge is 1.90. The first-order valence-electron chi connectivity index (χ1n) is 3.03. The van der Waals surface area contributed by atoms with Crippen LogP contribution in [-0.2, 0) is 0 Å². The zero-order valence-electron chi connectivity index (χ0n) is 5.89. The lowest BCUT2D eigenvalue weighted by Crippen LogP contribution is -1.99. The van der Waals surface area contributed by atoms with Gasteiger partial charge in [0.2, 0.25) is 0 Å². The summed E-state index contributed by atoms with van der Waals surface area (Å²) in [5.74, 6) is 0.164. The molecule has 0 unspecified atom stereocenters. The Morgan fingerprint density at radius 2 is 2.22 bits per heavy atom. The quantitative estimate of drug-likeness (QED) is 0.438. The molecule has 0 aliphatic rings. The molecule has 0 bridgehead atoms. The second kappa shape index (κ2) is 4.01. The van der Waals surface area contributed by atoms with Crippen LogP contribution in [0.5, 0.6) is 0 Å². The Bertz CT molecular complexity index is 136. The van der Waals surface area contributed by atoms with Gasteiger partial charge in [-0.05, 0) is 19.4 Å². The number of rotatable bonds is 2. The van der Waals surface area contributed by atoms with Crippen molar-refractivity contribution in [2.45, 2.75) is 20.3 Å². The van der Waals surface area contributed by atoms with Crippen LogP contribution in [0.1, 0.15) is 20.3 Å². The Balaban J connectivity index is 4.03. The minimum atomic E-state index is 0.164. The summed E-state index contributed by atoms with van der Waals surface area (Å²) in [7, 11) is 0. The number of nitrogens with two attached hydrogens (primary N) is 1. The molecular weight excluding hydrogens is 114 g/mol. The Labute approximate surface area is 55.7 Å². The molecule has 52 valence electrons. The number of allylic oxidation sites excluding steroid dienone is 2. The normalized spacial score (nSPS) is 14.0. The van der Waals surface area contributed by atoms with Crippen molar-refractivity contribution in [1.29, 1.82) is 0 Å². The first-order chi connectivity index (χ1) is 4.22. The van der Waals surface area contributed by atoms with Crippen molar-refractivity contribution >= 4 is 0 Å². The van der Waals surface area contributed by atoms with Crippen molar-refractivity contribution in [3.8, 4) is 0 Å². The third-order valence-corrected chi connectivity index (χ3v) is 0.993. The molecule has 0 fully saturated rings. The first-order valence-corrected chi connectivity index (χ1v) is 3.03. The molecule has 3 N–H and O–H groups in total. The average molecular weight is 127 g/mol. The van der Waals surface area contributed by atoms with E-state index in [2.05, 4.69) is 0 Å². The summed E-state index contributed by atoms with van der Waals surface area (Å²) in [6.07, 6.45) is 4.20. The Kier molecular flexibility index (Phi) is 3.60. The molecule has 0 rings (SSSR count). The summed E-state index contributed by atoms with van der Waals surface area (Å²) < 4.78 is 0. The van der Waals surface area contributed by atoms with Crippen molar-refractivity contribution in [3.63, 3.8) is 0 Å². The third kappa shape index (κ3) is 2.80. The summed E-state index contributed by atoms with van der Waals surface area (Å²) in [5, 5.41) is 8.93.